The van der Waals surface area contributed by atoms with E-state index >= 15 is 0 Å². The number of allylic oxidation sites excluding steroid dienone is 1. The van der Waals surface area contributed by atoms with E-state index in [0.29, 0.717) is 18.4 Å². The maximum absolute atomic E-state index is 12.8. The van der Waals surface area contributed by atoms with Crippen LogP contribution in [-0.2, 0) is 20.4 Å². The van der Waals surface area contributed by atoms with Gasteiger partial charge in [-0.1, -0.05) is 12.1 Å². The first-order chi connectivity index (χ1) is 12.3. The third-order valence-corrected chi connectivity index (χ3v) is 4.25. The molecule has 0 aromatic heterocycles. The Hall–Kier alpha value is -2.06. The van der Waals surface area contributed by atoms with Gasteiger partial charge in [0.25, 0.3) is 0 Å². The second kappa shape index (κ2) is 8.55. The zero-order chi connectivity index (χ0) is 19.3. The number of benzene rings is 1. The fraction of sp³-hybridized carbons (Fsp3) is 0.500. The molecule has 0 spiro atoms. The number of alkyl halides is 3. The smallest absolute Gasteiger partial charge is 0.416 e. The number of hydrogen-bond acceptors (Lipinski definition) is 4. The average molecular weight is 374 g/mol. The standard InChI is InChI=1S/C18H21F3O5/c1-2-25-17-13(4-3-9-22)14(10-15(26-17)16(23)24)11-5-7-12(8-6-11)18(19,20)21/h5-8,10,13-14,17,22H,2-4,9H2,1H3,(H,23,24)/t13-,14-,17-/m0/s1. The molecule has 26 heavy (non-hydrogen) atoms. The Balaban J connectivity index is 2.40. The summed E-state index contributed by atoms with van der Waals surface area (Å²) < 4.78 is 49.3. The van der Waals surface area contributed by atoms with Gasteiger partial charge in [0.2, 0.25) is 12.0 Å². The number of aliphatic hydroxyl groups excluding tert-OH is 1. The van der Waals surface area contributed by atoms with E-state index in [9.17, 15) is 23.1 Å². The summed E-state index contributed by atoms with van der Waals surface area (Å²) in [4.78, 5) is 11.3. The Morgan fingerprint density at radius 3 is 2.42 bits per heavy atom. The Kier molecular flexibility index (Phi) is 6.66. The molecular weight excluding hydrogens is 353 g/mol. The Labute approximate surface area is 149 Å². The fourth-order valence-electron chi connectivity index (χ4n) is 3.03. The molecule has 0 amide bonds. The van der Waals surface area contributed by atoms with Gasteiger partial charge in [0.15, 0.2) is 0 Å². The molecule has 5 nitrogen and oxygen atoms in total. The maximum Gasteiger partial charge on any atom is 0.416 e. The molecule has 0 radical (unpaired) electrons. The highest BCUT2D eigenvalue weighted by molar-refractivity contribution is 5.84. The van der Waals surface area contributed by atoms with Gasteiger partial charge < -0.3 is 19.7 Å². The second-order valence-electron chi connectivity index (χ2n) is 5.95. The van der Waals surface area contributed by atoms with Gasteiger partial charge in [-0.3, -0.25) is 0 Å². The van der Waals surface area contributed by atoms with E-state index in [1.54, 1.807) is 6.92 Å². The molecule has 1 aliphatic heterocycles. The van der Waals surface area contributed by atoms with E-state index in [2.05, 4.69) is 0 Å². The topological polar surface area (TPSA) is 76.0 Å². The molecule has 0 saturated heterocycles. The molecule has 1 aromatic carbocycles. The van der Waals surface area contributed by atoms with Crippen molar-refractivity contribution in [2.75, 3.05) is 13.2 Å². The van der Waals surface area contributed by atoms with Crippen LogP contribution in [0.15, 0.2) is 36.1 Å². The van der Waals surface area contributed by atoms with Gasteiger partial charge >= 0.3 is 12.1 Å². The lowest BCUT2D eigenvalue weighted by Crippen LogP contribution is -2.36. The van der Waals surface area contributed by atoms with Crippen molar-refractivity contribution in [1.82, 2.24) is 0 Å². The van der Waals surface area contributed by atoms with Gasteiger partial charge in [0.05, 0.1) is 5.56 Å². The number of ether oxygens (including phenoxy) is 2. The van der Waals surface area contributed by atoms with E-state index in [1.165, 1.54) is 18.2 Å². The van der Waals surface area contributed by atoms with Gasteiger partial charge in [0.1, 0.15) is 0 Å². The first-order valence-corrected chi connectivity index (χ1v) is 8.29. The summed E-state index contributed by atoms with van der Waals surface area (Å²) >= 11 is 0. The number of hydrogen-bond donors (Lipinski definition) is 2. The number of carboxylic acid groups (broad SMARTS) is 1. The second-order valence-corrected chi connectivity index (χ2v) is 5.95. The Morgan fingerprint density at radius 2 is 1.92 bits per heavy atom. The van der Waals surface area contributed by atoms with Gasteiger partial charge in [-0.25, -0.2) is 4.79 Å². The van der Waals surface area contributed by atoms with Gasteiger partial charge in [-0.05, 0) is 43.5 Å². The lowest BCUT2D eigenvalue weighted by atomic mass is 9.80. The Bertz CT molecular complexity index is 639. The molecule has 0 fully saturated rings. The molecule has 2 rings (SSSR count). The predicted octanol–water partition coefficient (Wildman–Crippen LogP) is 3.54. The highest BCUT2D eigenvalue weighted by atomic mass is 19.4. The quantitative estimate of drug-likeness (QED) is 0.764. The van der Waals surface area contributed by atoms with E-state index in [0.717, 1.165) is 12.1 Å². The molecular formula is C18H21F3O5. The normalized spacial score (nSPS) is 23.3. The molecule has 3 atom stereocenters. The summed E-state index contributed by atoms with van der Waals surface area (Å²) in [7, 11) is 0. The zero-order valence-corrected chi connectivity index (χ0v) is 14.2. The van der Waals surface area contributed by atoms with Crippen molar-refractivity contribution in [2.45, 2.75) is 38.1 Å². The minimum absolute atomic E-state index is 0.0649. The third kappa shape index (κ3) is 4.76. The number of aliphatic hydroxyl groups is 1. The van der Waals surface area contributed by atoms with Crippen LogP contribution in [0.25, 0.3) is 0 Å². The third-order valence-electron chi connectivity index (χ3n) is 4.25. The molecule has 0 unspecified atom stereocenters. The van der Waals surface area contributed by atoms with Crippen molar-refractivity contribution in [3.05, 3.63) is 47.2 Å². The molecule has 1 aromatic rings. The van der Waals surface area contributed by atoms with Crippen LogP contribution in [0, 0.1) is 5.92 Å². The molecule has 0 bridgehead atoms. The maximum atomic E-state index is 12.8. The molecule has 1 aliphatic rings. The summed E-state index contributed by atoms with van der Waals surface area (Å²) in [6.07, 6.45) is -3.00. The highest BCUT2D eigenvalue weighted by Crippen LogP contribution is 2.40. The average Bonchev–Trinajstić information content (AvgIpc) is 2.59. The zero-order valence-electron chi connectivity index (χ0n) is 14.2. The minimum Gasteiger partial charge on any atom is -0.475 e. The monoisotopic (exact) mass is 374 g/mol. The van der Waals surface area contributed by atoms with Crippen LogP contribution in [0.2, 0.25) is 0 Å². The van der Waals surface area contributed by atoms with Crippen molar-refractivity contribution in [3.8, 4) is 0 Å². The molecule has 2 N–H and O–H groups in total. The van der Waals surface area contributed by atoms with Crippen molar-refractivity contribution in [3.63, 3.8) is 0 Å². The first kappa shape index (κ1) is 20.3. The lowest BCUT2D eigenvalue weighted by molar-refractivity contribution is -0.173. The van der Waals surface area contributed by atoms with Crippen molar-refractivity contribution < 1.29 is 37.7 Å². The summed E-state index contributed by atoms with van der Waals surface area (Å²) in [5.74, 6) is -2.40. The minimum atomic E-state index is -4.44. The van der Waals surface area contributed by atoms with Crippen LogP contribution in [0.5, 0.6) is 0 Å². The van der Waals surface area contributed by atoms with E-state index in [1.807, 2.05) is 0 Å². The number of rotatable bonds is 7. The van der Waals surface area contributed by atoms with Crippen molar-refractivity contribution in [1.29, 1.82) is 0 Å². The Morgan fingerprint density at radius 1 is 1.27 bits per heavy atom. The largest absolute Gasteiger partial charge is 0.475 e. The number of halogens is 3. The summed E-state index contributed by atoms with van der Waals surface area (Å²) in [6, 6.07) is 4.61. The summed E-state index contributed by atoms with van der Waals surface area (Å²) in [6.45, 7) is 1.95. The number of carboxylic acids is 1. The van der Waals surface area contributed by atoms with Crippen LogP contribution in [-0.4, -0.2) is 35.7 Å². The van der Waals surface area contributed by atoms with Crippen LogP contribution in [0.3, 0.4) is 0 Å². The van der Waals surface area contributed by atoms with E-state index in [4.69, 9.17) is 14.6 Å². The lowest BCUT2D eigenvalue weighted by Gasteiger charge is -2.36. The predicted molar refractivity (Wildman–Crippen MR) is 86.2 cm³/mol. The van der Waals surface area contributed by atoms with Gasteiger partial charge in [-0.15, -0.1) is 0 Å². The van der Waals surface area contributed by atoms with Crippen LogP contribution < -0.4 is 0 Å². The molecule has 1 heterocycles. The molecule has 0 aliphatic carbocycles. The van der Waals surface area contributed by atoms with Crippen LogP contribution in [0.1, 0.15) is 36.8 Å². The van der Waals surface area contributed by atoms with Gasteiger partial charge in [-0.2, -0.15) is 13.2 Å². The summed E-state index contributed by atoms with van der Waals surface area (Å²) in [5, 5.41) is 18.4. The van der Waals surface area contributed by atoms with E-state index in [-0.39, 0.29) is 24.9 Å². The van der Waals surface area contributed by atoms with E-state index < -0.39 is 29.9 Å². The van der Waals surface area contributed by atoms with Crippen molar-refractivity contribution in [2.24, 2.45) is 5.92 Å². The number of aliphatic carboxylic acids is 1. The SMILES string of the molecule is CCO[C@H]1OC(C(=O)O)=C[C@@H](c2ccc(C(F)(F)F)cc2)[C@@H]1CCCO. The van der Waals surface area contributed by atoms with Crippen LogP contribution >= 0.6 is 0 Å². The van der Waals surface area contributed by atoms with Gasteiger partial charge in [0, 0.05) is 25.0 Å². The molecule has 144 valence electrons. The fourth-order valence-corrected chi connectivity index (χ4v) is 3.03. The first-order valence-electron chi connectivity index (χ1n) is 8.29. The van der Waals surface area contributed by atoms with Crippen molar-refractivity contribution >= 4 is 5.97 Å². The highest BCUT2D eigenvalue weighted by Gasteiger charge is 2.38. The summed E-state index contributed by atoms with van der Waals surface area (Å²) in [5.41, 5.74) is -0.239. The molecule has 0 saturated carbocycles. The van der Waals surface area contributed by atoms with Crippen LogP contribution in [0.4, 0.5) is 13.2 Å². The number of carbonyl (C=O) groups is 1. The molecule has 8 heteroatoms.